The number of ether oxygens (including phenoxy) is 5. The Morgan fingerprint density at radius 2 is 1.78 bits per heavy atom. The van der Waals surface area contributed by atoms with Crippen LogP contribution in [0.15, 0.2) is 54.6 Å². The highest BCUT2D eigenvalue weighted by atomic mass is 16.7. The lowest BCUT2D eigenvalue weighted by Crippen LogP contribution is -2.60. The van der Waals surface area contributed by atoms with Crippen LogP contribution in [0.3, 0.4) is 0 Å². The summed E-state index contributed by atoms with van der Waals surface area (Å²) in [6, 6.07) is 7.92. The van der Waals surface area contributed by atoms with E-state index in [2.05, 4.69) is 28.2 Å². The lowest BCUT2D eigenvalue weighted by atomic mass is 9.86. The third kappa shape index (κ3) is 9.24. The van der Waals surface area contributed by atoms with E-state index < -0.39 is 41.7 Å². The summed E-state index contributed by atoms with van der Waals surface area (Å²) in [5, 5.41) is 19.2. The topological polar surface area (TPSA) is 157 Å². The second-order valence-corrected chi connectivity index (χ2v) is 15.3. The first-order chi connectivity index (χ1) is 24.0. The minimum atomic E-state index is -1.11. The van der Waals surface area contributed by atoms with Gasteiger partial charge in [-0.25, -0.2) is 14.6 Å². The molecule has 1 aromatic rings. The average Bonchev–Trinajstić information content (AvgIpc) is 3.81. The molecule has 4 N–H and O–H groups in total. The SMILES string of the molecule is CC(C)(C)[C@H](NC(=O)OC1CCOC1)C(=O)NN(CC1C=CC=CC1)C[C@@H](O)[C@H](Cc1ccccc1)NC(=O)OC1C2COC3OCC1C3C2. The summed E-state index contributed by atoms with van der Waals surface area (Å²) in [5.41, 5.74) is 3.24. The molecule has 0 radical (unpaired) electrons. The highest BCUT2D eigenvalue weighted by molar-refractivity contribution is 5.86. The maximum Gasteiger partial charge on any atom is 0.408 e. The number of allylic oxidation sites excluding steroid dienone is 3. The Bertz CT molecular complexity index is 1380. The van der Waals surface area contributed by atoms with Gasteiger partial charge in [-0.1, -0.05) is 75.4 Å². The van der Waals surface area contributed by atoms with Crippen LogP contribution < -0.4 is 16.1 Å². The molecule has 274 valence electrons. The van der Waals surface area contributed by atoms with Crippen molar-refractivity contribution in [1.29, 1.82) is 0 Å². The zero-order chi connectivity index (χ0) is 35.3. The maximum absolute atomic E-state index is 13.9. The van der Waals surface area contributed by atoms with Crippen molar-refractivity contribution in [3.05, 3.63) is 60.2 Å². The largest absolute Gasteiger partial charge is 0.445 e. The molecule has 10 atom stereocenters. The summed E-state index contributed by atoms with van der Waals surface area (Å²) in [6.45, 7) is 7.80. The number of carbonyl (C=O) groups excluding carboxylic acids is 3. The fraction of sp³-hybridized carbons (Fsp3) is 0.649. The van der Waals surface area contributed by atoms with Crippen LogP contribution in [0.2, 0.25) is 0 Å². The summed E-state index contributed by atoms with van der Waals surface area (Å²) in [6.07, 6.45) is 7.34. The first-order valence-corrected chi connectivity index (χ1v) is 17.9. The molecule has 3 heterocycles. The van der Waals surface area contributed by atoms with Crippen molar-refractivity contribution < 1.29 is 43.2 Å². The van der Waals surface area contributed by atoms with Gasteiger partial charge in [0.2, 0.25) is 0 Å². The summed E-state index contributed by atoms with van der Waals surface area (Å²) in [5.74, 6) is 0.0474. The molecule has 50 heavy (non-hydrogen) atoms. The number of carbonyl (C=O) groups is 3. The van der Waals surface area contributed by atoms with E-state index in [1.807, 2.05) is 63.3 Å². The second kappa shape index (κ2) is 16.2. The second-order valence-electron chi connectivity index (χ2n) is 15.3. The van der Waals surface area contributed by atoms with Crippen molar-refractivity contribution in [3.63, 3.8) is 0 Å². The molecule has 2 bridgehead atoms. The zero-order valence-corrected chi connectivity index (χ0v) is 29.2. The highest BCUT2D eigenvalue weighted by Gasteiger charge is 2.56. The van der Waals surface area contributed by atoms with Crippen molar-refractivity contribution in [1.82, 2.24) is 21.1 Å². The number of nitrogens with one attached hydrogen (secondary N) is 3. The Morgan fingerprint density at radius 1 is 1.00 bits per heavy atom. The number of aliphatic hydroxyl groups excluding tert-OH is 1. The fourth-order valence-corrected chi connectivity index (χ4v) is 7.68. The Labute approximate surface area is 294 Å². The summed E-state index contributed by atoms with van der Waals surface area (Å²) in [4.78, 5) is 40.2. The molecule has 7 unspecified atom stereocenters. The van der Waals surface area contributed by atoms with Crippen LogP contribution in [0.1, 0.15) is 45.6 Å². The number of alkyl carbamates (subject to hydrolysis) is 2. The monoisotopic (exact) mass is 696 g/mol. The average molecular weight is 697 g/mol. The van der Waals surface area contributed by atoms with Crippen molar-refractivity contribution in [3.8, 4) is 0 Å². The van der Waals surface area contributed by atoms with Gasteiger partial charge < -0.3 is 39.4 Å². The predicted octanol–water partition coefficient (Wildman–Crippen LogP) is 3.09. The number of rotatable bonds is 13. The van der Waals surface area contributed by atoms with Crippen molar-refractivity contribution in [2.75, 3.05) is 39.5 Å². The number of hydrazine groups is 1. The van der Waals surface area contributed by atoms with Gasteiger partial charge in [0.1, 0.15) is 18.2 Å². The quantitative estimate of drug-likeness (QED) is 0.226. The van der Waals surface area contributed by atoms with Crippen molar-refractivity contribution in [2.24, 2.45) is 29.1 Å². The molecule has 1 aromatic carbocycles. The third-order valence-electron chi connectivity index (χ3n) is 10.3. The molecule has 0 aromatic heterocycles. The van der Waals surface area contributed by atoms with E-state index in [4.69, 9.17) is 23.7 Å². The predicted molar refractivity (Wildman–Crippen MR) is 182 cm³/mol. The van der Waals surface area contributed by atoms with Gasteiger partial charge in [-0.3, -0.25) is 10.2 Å². The lowest BCUT2D eigenvalue weighted by Gasteiger charge is -2.35. The molecule has 0 spiro atoms. The number of aliphatic hydroxyl groups is 1. The molecule has 3 aliphatic heterocycles. The van der Waals surface area contributed by atoms with E-state index in [1.165, 1.54) is 0 Å². The summed E-state index contributed by atoms with van der Waals surface area (Å²) < 4.78 is 28.5. The summed E-state index contributed by atoms with van der Waals surface area (Å²) in [7, 11) is 0. The van der Waals surface area contributed by atoms with E-state index in [0.717, 1.165) is 18.4 Å². The van der Waals surface area contributed by atoms with E-state index in [1.54, 1.807) is 5.01 Å². The van der Waals surface area contributed by atoms with E-state index >= 15 is 0 Å². The molecule has 1 saturated carbocycles. The normalized spacial score (nSPS) is 30.1. The number of benzene rings is 1. The first kappa shape index (κ1) is 36.3. The molecule has 5 aliphatic rings. The fourth-order valence-electron chi connectivity index (χ4n) is 7.68. The van der Waals surface area contributed by atoms with Crippen LogP contribution in [-0.4, -0.2) is 104 Å². The van der Waals surface area contributed by atoms with E-state index in [9.17, 15) is 19.5 Å². The smallest absolute Gasteiger partial charge is 0.408 e. The Balaban J connectivity index is 1.15. The first-order valence-electron chi connectivity index (χ1n) is 17.9. The number of amides is 3. The van der Waals surface area contributed by atoms with Crippen LogP contribution in [0, 0.1) is 29.1 Å². The molecule has 13 nitrogen and oxygen atoms in total. The number of hydrogen-bond acceptors (Lipinski definition) is 10. The van der Waals surface area contributed by atoms with Crippen LogP contribution in [0.5, 0.6) is 0 Å². The summed E-state index contributed by atoms with van der Waals surface area (Å²) >= 11 is 0. The molecule has 13 heteroatoms. The van der Waals surface area contributed by atoms with Gasteiger partial charge in [0, 0.05) is 37.3 Å². The number of fused-ring (bicyclic) bond motifs is 1. The van der Waals surface area contributed by atoms with Gasteiger partial charge >= 0.3 is 12.2 Å². The molecular weight excluding hydrogens is 644 g/mol. The minimum Gasteiger partial charge on any atom is -0.445 e. The minimum absolute atomic E-state index is 0.00158. The zero-order valence-electron chi connectivity index (χ0n) is 29.2. The molecule has 4 fully saturated rings. The Morgan fingerprint density at radius 3 is 2.50 bits per heavy atom. The Kier molecular flexibility index (Phi) is 11.8. The van der Waals surface area contributed by atoms with Crippen LogP contribution in [0.4, 0.5) is 9.59 Å². The number of nitrogens with zero attached hydrogens (tertiary/aromatic N) is 1. The van der Waals surface area contributed by atoms with E-state index in [-0.39, 0.29) is 48.7 Å². The van der Waals surface area contributed by atoms with Gasteiger partial charge in [0.15, 0.2) is 6.29 Å². The maximum atomic E-state index is 13.9. The third-order valence-corrected chi connectivity index (χ3v) is 10.3. The van der Waals surface area contributed by atoms with Gasteiger partial charge in [0.05, 0.1) is 38.6 Å². The molecule has 3 amide bonds. The highest BCUT2D eigenvalue weighted by Crippen LogP contribution is 2.49. The van der Waals surface area contributed by atoms with Gasteiger partial charge in [-0.05, 0) is 36.2 Å². The molecular formula is C37H52N4O9. The standard InChI is InChI=1S/C37H52N4O9/c1-37(2,3)32(39-36(45)49-26-14-15-46-21-26)33(43)40-41(18-24-12-8-5-9-13-24)19-30(42)29(16-23-10-6-4-7-11-23)38-35(44)50-31-25-17-27-28(31)22-48-34(27)47-20-25/h4-12,24-32,34,42H,13-22H2,1-3H3,(H,38,44)(H,39,45)(H,40,43)/t24?,25?,26?,27?,28?,29-,30+,31?,32+,34?/m0/s1. The van der Waals surface area contributed by atoms with Gasteiger partial charge in [-0.2, -0.15) is 0 Å². The number of hydrogen-bond donors (Lipinski definition) is 4. The van der Waals surface area contributed by atoms with Crippen molar-refractivity contribution >= 4 is 18.1 Å². The van der Waals surface area contributed by atoms with Crippen LogP contribution in [0.25, 0.3) is 0 Å². The van der Waals surface area contributed by atoms with Crippen molar-refractivity contribution in [2.45, 2.75) is 83.1 Å². The van der Waals surface area contributed by atoms with Gasteiger partial charge in [-0.15, -0.1) is 0 Å². The van der Waals surface area contributed by atoms with Gasteiger partial charge in [0.25, 0.3) is 5.91 Å². The lowest BCUT2D eigenvalue weighted by molar-refractivity contribution is -0.169. The Hall–Kier alpha value is -3.49. The molecule has 3 saturated heterocycles. The van der Waals surface area contributed by atoms with Crippen LogP contribution >= 0.6 is 0 Å². The molecule has 6 rings (SSSR count). The van der Waals surface area contributed by atoms with E-state index in [0.29, 0.717) is 45.8 Å². The molecule has 2 aliphatic carbocycles. The van der Waals surface area contributed by atoms with Crippen LogP contribution in [-0.2, 0) is 34.9 Å².